The lowest BCUT2D eigenvalue weighted by molar-refractivity contribution is 0.221. The number of nitrogens with zero attached hydrogens (tertiary/aromatic N) is 2. The van der Waals surface area contributed by atoms with Crippen LogP contribution >= 0.6 is 15.9 Å². The van der Waals surface area contributed by atoms with Gasteiger partial charge in [0.25, 0.3) is 0 Å². The van der Waals surface area contributed by atoms with E-state index in [1.165, 1.54) is 43.7 Å². The van der Waals surface area contributed by atoms with Gasteiger partial charge in [-0.2, -0.15) is 0 Å². The lowest BCUT2D eigenvalue weighted by atomic mass is 10.0. The Morgan fingerprint density at radius 1 is 1.40 bits per heavy atom. The summed E-state index contributed by atoms with van der Waals surface area (Å²) in [6, 6.07) is 7.24. The largest absolute Gasteiger partial charge is 0.371 e. The molecule has 2 N–H and O–H groups in total. The second-order valence-corrected chi connectivity index (χ2v) is 6.63. The van der Waals surface area contributed by atoms with Crippen LogP contribution in [-0.2, 0) is 0 Å². The fourth-order valence-corrected chi connectivity index (χ4v) is 3.67. The molecule has 1 heterocycles. The molecule has 0 aromatic heterocycles. The van der Waals surface area contributed by atoms with Gasteiger partial charge in [-0.25, -0.2) is 0 Å². The van der Waals surface area contributed by atoms with Crippen LogP contribution in [0.5, 0.6) is 0 Å². The van der Waals surface area contributed by atoms with Crippen molar-refractivity contribution >= 4 is 21.6 Å². The van der Waals surface area contributed by atoms with Crippen molar-refractivity contribution in [2.75, 3.05) is 31.6 Å². The Bertz CT molecular complexity index is 439. The molecule has 1 aromatic rings. The molecule has 0 radical (unpaired) electrons. The zero-order valence-corrected chi connectivity index (χ0v) is 14.4. The van der Waals surface area contributed by atoms with Crippen LogP contribution in [0.15, 0.2) is 22.7 Å². The first-order chi connectivity index (χ1) is 9.52. The molecule has 4 heteroatoms. The Morgan fingerprint density at radius 3 is 2.55 bits per heavy atom. The Hall–Kier alpha value is -0.580. The molecule has 2 rings (SSSR count). The zero-order valence-electron chi connectivity index (χ0n) is 12.8. The Balaban J connectivity index is 2.06. The summed E-state index contributed by atoms with van der Waals surface area (Å²) >= 11 is 3.65. The molecule has 0 amide bonds. The van der Waals surface area contributed by atoms with Gasteiger partial charge in [0.1, 0.15) is 0 Å². The first kappa shape index (κ1) is 15.8. The molecule has 20 heavy (non-hydrogen) atoms. The molecule has 1 atom stereocenters. The van der Waals surface area contributed by atoms with E-state index in [9.17, 15) is 0 Å². The number of halogens is 1. The molecule has 1 aromatic carbocycles. The van der Waals surface area contributed by atoms with E-state index in [1.54, 1.807) is 0 Å². The van der Waals surface area contributed by atoms with Gasteiger partial charge in [-0.1, -0.05) is 28.9 Å². The molecular weight excluding hydrogens is 314 g/mol. The van der Waals surface area contributed by atoms with Crippen LogP contribution in [0, 0.1) is 0 Å². The highest BCUT2D eigenvalue weighted by Crippen LogP contribution is 2.29. The van der Waals surface area contributed by atoms with Crippen molar-refractivity contribution in [1.29, 1.82) is 0 Å². The maximum atomic E-state index is 5.96. The minimum Gasteiger partial charge on any atom is -0.371 e. The van der Waals surface area contributed by atoms with Crippen LogP contribution in [0.1, 0.15) is 38.3 Å². The summed E-state index contributed by atoms with van der Waals surface area (Å²) in [4.78, 5) is 4.95. The van der Waals surface area contributed by atoms with Crippen LogP contribution in [0.4, 0.5) is 5.69 Å². The molecule has 0 aliphatic carbocycles. The summed E-state index contributed by atoms with van der Waals surface area (Å²) < 4.78 is 1.11. The lowest BCUT2D eigenvalue weighted by Gasteiger charge is -2.37. The monoisotopic (exact) mass is 339 g/mol. The zero-order chi connectivity index (χ0) is 14.7. The molecule has 1 aliphatic rings. The van der Waals surface area contributed by atoms with Crippen molar-refractivity contribution in [1.82, 2.24) is 4.90 Å². The number of piperidine rings is 1. The second-order valence-electron chi connectivity index (χ2n) is 5.77. The van der Waals surface area contributed by atoms with Crippen molar-refractivity contribution in [3.63, 3.8) is 0 Å². The van der Waals surface area contributed by atoms with Gasteiger partial charge in [0.2, 0.25) is 0 Å². The fraction of sp³-hybridized carbons (Fsp3) is 0.625. The quantitative estimate of drug-likeness (QED) is 0.912. The molecule has 0 bridgehead atoms. The third kappa shape index (κ3) is 3.54. The lowest BCUT2D eigenvalue weighted by Crippen LogP contribution is -2.43. The molecule has 112 valence electrons. The predicted octanol–water partition coefficient (Wildman–Crippen LogP) is 3.39. The summed E-state index contributed by atoms with van der Waals surface area (Å²) in [5, 5.41) is 0. The topological polar surface area (TPSA) is 32.5 Å². The Labute approximate surface area is 131 Å². The van der Waals surface area contributed by atoms with E-state index < -0.39 is 0 Å². The Kier molecular flexibility index (Phi) is 5.47. The molecular formula is C16H26BrN3. The van der Waals surface area contributed by atoms with Gasteiger partial charge in [-0.15, -0.1) is 0 Å². The minimum absolute atomic E-state index is 0.0662. The average Bonchev–Trinajstić information content (AvgIpc) is 2.46. The first-order valence-corrected chi connectivity index (χ1v) is 8.32. The van der Waals surface area contributed by atoms with Crippen molar-refractivity contribution < 1.29 is 0 Å². The van der Waals surface area contributed by atoms with Gasteiger partial charge in [-0.3, -0.25) is 0 Å². The number of benzene rings is 1. The van der Waals surface area contributed by atoms with E-state index in [0.717, 1.165) is 4.47 Å². The van der Waals surface area contributed by atoms with Crippen molar-refractivity contribution in [2.45, 2.75) is 38.8 Å². The molecule has 0 unspecified atom stereocenters. The van der Waals surface area contributed by atoms with Gasteiger partial charge >= 0.3 is 0 Å². The van der Waals surface area contributed by atoms with Crippen LogP contribution in [0.25, 0.3) is 0 Å². The maximum Gasteiger partial charge on any atom is 0.0377 e. The number of nitrogens with two attached hydrogens (primary N) is 1. The van der Waals surface area contributed by atoms with E-state index in [4.69, 9.17) is 5.73 Å². The third-order valence-electron chi connectivity index (χ3n) is 4.43. The molecule has 1 aliphatic heterocycles. The standard InChI is InChI=1S/C16H26BrN3/c1-4-20-9-7-13(8-10-20)19(3)14-5-6-15(12(2)18)16(17)11-14/h5-6,11-13H,4,7-10,18H2,1-3H3/t12-/m1/s1. The van der Waals surface area contributed by atoms with E-state index in [2.05, 4.69) is 57.9 Å². The SMILES string of the molecule is CCN1CCC(N(C)c2ccc([C@@H](C)N)c(Br)c2)CC1. The van der Waals surface area contributed by atoms with Gasteiger partial charge in [0, 0.05) is 42.4 Å². The van der Waals surface area contributed by atoms with Gasteiger partial charge in [0.05, 0.1) is 0 Å². The molecule has 1 fully saturated rings. The van der Waals surface area contributed by atoms with Gasteiger partial charge < -0.3 is 15.5 Å². The molecule has 0 saturated carbocycles. The number of anilines is 1. The molecule has 0 spiro atoms. The van der Waals surface area contributed by atoms with Crippen LogP contribution < -0.4 is 10.6 Å². The van der Waals surface area contributed by atoms with Crippen molar-refractivity contribution in [2.24, 2.45) is 5.73 Å². The summed E-state index contributed by atoms with van der Waals surface area (Å²) in [6.45, 7) is 7.86. The highest BCUT2D eigenvalue weighted by Gasteiger charge is 2.22. The fourth-order valence-electron chi connectivity index (χ4n) is 2.94. The van der Waals surface area contributed by atoms with Crippen LogP contribution in [-0.4, -0.2) is 37.6 Å². The van der Waals surface area contributed by atoms with Gasteiger partial charge in [-0.05, 0) is 44.0 Å². The third-order valence-corrected chi connectivity index (χ3v) is 5.12. The summed E-state index contributed by atoms with van der Waals surface area (Å²) in [5.74, 6) is 0. The average molecular weight is 340 g/mol. The minimum atomic E-state index is 0.0662. The number of likely N-dealkylation sites (tertiary alicyclic amines) is 1. The highest BCUT2D eigenvalue weighted by atomic mass is 79.9. The van der Waals surface area contributed by atoms with Gasteiger partial charge in [0.15, 0.2) is 0 Å². The normalized spacial score (nSPS) is 19.1. The van der Waals surface area contributed by atoms with Crippen molar-refractivity contribution in [3.05, 3.63) is 28.2 Å². The number of hydrogen-bond acceptors (Lipinski definition) is 3. The number of rotatable bonds is 4. The number of hydrogen-bond donors (Lipinski definition) is 1. The van der Waals surface area contributed by atoms with E-state index in [0.29, 0.717) is 6.04 Å². The first-order valence-electron chi connectivity index (χ1n) is 7.53. The summed E-state index contributed by atoms with van der Waals surface area (Å²) in [5.41, 5.74) is 8.41. The summed E-state index contributed by atoms with van der Waals surface area (Å²) in [6.07, 6.45) is 2.49. The predicted molar refractivity (Wildman–Crippen MR) is 90.3 cm³/mol. The van der Waals surface area contributed by atoms with Crippen LogP contribution in [0.2, 0.25) is 0 Å². The highest BCUT2D eigenvalue weighted by molar-refractivity contribution is 9.10. The molecule has 1 saturated heterocycles. The second kappa shape index (κ2) is 6.92. The summed E-state index contributed by atoms with van der Waals surface area (Å²) in [7, 11) is 2.21. The van der Waals surface area contributed by atoms with E-state index in [1.807, 2.05) is 6.92 Å². The van der Waals surface area contributed by atoms with Crippen LogP contribution in [0.3, 0.4) is 0 Å². The van der Waals surface area contributed by atoms with E-state index >= 15 is 0 Å². The Morgan fingerprint density at radius 2 is 2.05 bits per heavy atom. The van der Waals surface area contributed by atoms with E-state index in [-0.39, 0.29) is 6.04 Å². The smallest absolute Gasteiger partial charge is 0.0377 e. The van der Waals surface area contributed by atoms with Crippen molar-refractivity contribution in [3.8, 4) is 0 Å². The maximum absolute atomic E-state index is 5.96. The molecule has 3 nitrogen and oxygen atoms in total.